The second-order valence-corrected chi connectivity index (χ2v) is 10.9. The van der Waals surface area contributed by atoms with E-state index in [-0.39, 0.29) is 4.87 Å². The molecule has 10 heteroatoms. The van der Waals surface area contributed by atoms with Crippen LogP contribution in [0.15, 0.2) is 88.7 Å². The van der Waals surface area contributed by atoms with Gasteiger partial charge in [-0.15, -0.1) is 0 Å². The minimum Gasteiger partial charge on any atom is -0.307 e. The molecule has 186 valence electrons. The van der Waals surface area contributed by atoms with Crippen molar-refractivity contribution < 1.29 is 22.8 Å². The predicted octanol–water partition coefficient (Wildman–Crippen LogP) is 5.92. The molecule has 1 fully saturated rings. The van der Waals surface area contributed by atoms with Gasteiger partial charge < -0.3 is 4.98 Å². The molecule has 2 aliphatic rings. The van der Waals surface area contributed by atoms with Crippen LogP contribution in [0, 0.1) is 5.92 Å². The van der Waals surface area contributed by atoms with Crippen molar-refractivity contribution in [3.63, 3.8) is 0 Å². The minimum absolute atomic E-state index is 0.317. The van der Waals surface area contributed by atoms with Crippen LogP contribution in [0.5, 0.6) is 0 Å². The molecule has 4 aromatic rings. The number of alkyl halides is 3. The number of para-hydroxylation sites is 1. The number of rotatable bonds is 3. The number of halogens is 3. The summed E-state index contributed by atoms with van der Waals surface area (Å²) >= 11 is 1.99. The summed E-state index contributed by atoms with van der Waals surface area (Å²) in [6.07, 6.45) is -4.74. The van der Waals surface area contributed by atoms with Crippen LogP contribution in [0.4, 0.5) is 18.9 Å². The van der Waals surface area contributed by atoms with Gasteiger partial charge in [-0.25, -0.2) is 4.90 Å². The highest BCUT2D eigenvalue weighted by atomic mass is 32.2. The van der Waals surface area contributed by atoms with E-state index >= 15 is 0 Å². The molecular weight excluding hydrogens is 521 g/mol. The number of aromatic nitrogens is 1. The van der Waals surface area contributed by atoms with E-state index in [9.17, 15) is 27.6 Å². The third-order valence-corrected chi connectivity index (χ3v) is 9.05. The predicted molar refractivity (Wildman–Crippen MR) is 136 cm³/mol. The monoisotopic (exact) mass is 538 g/mol. The van der Waals surface area contributed by atoms with Crippen LogP contribution < -0.4 is 9.77 Å². The maximum absolute atomic E-state index is 13.8. The van der Waals surface area contributed by atoms with Gasteiger partial charge in [0.1, 0.15) is 5.25 Å². The number of carbonyl (C=O) groups is 2. The van der Waals surface area contributed by atoms with Gasteiger partial charge in [-0.05, 0) is 28.8 Å². The lowest BCUT2D eigenvalue weighted by Crippen LogP contribution is -2.33. The Labute approximate surface area is 217 Å². The van der Waals surface area contributed by atoms with E-state index < -0.39 is 46.3 Å². The van der Waals surface area contributed by atoms with Gasteiger partial charge in [0.25, 0.3) is 0 Å². The van der Waals surface area contributed by atoms with Crippen LogP contribution >= 0.6 is 23.1 Å². The Hall–Kier alpha value is -3.63. The van der Waals surface area contributed by atoms with Crippen LogP contribution in [0.2, 0.25) is 0 Å². The van der Waals surface area contributed by atoms with Crippen LogP contribution in [0.3, 0.4) is 0 Å². The number of aromatic amines is 1. The van der Waals surface area contributed by atoms with Crippen LogP contribution in [0.1, 0.15) is 21.9 Å². The zero-order chi connectivity index (χ0) is 25.9. The highest BCUT2D eigenvalue weighted by Crippen LogP contribution is 2.54. The molecule has 0 aliphatic carbocycles. The number of thioether (sulfide) groups is 1. The van der Waals surface area contributed by atoms with Crippen molar-refractivity contribution in [3.8, 4) is 11.1 Å². The lowest BCUT2D eigenvalue weighted by Gasteiger charge is -2.30. The number of amides is 2. The zero-order valence-corrected chi connectivity index (χ0v) is 20.5. The molecule has 0 radical (unpaired) electrons. The number of nitrogens with one attached hydrogen (secondary N) is 1. The van der Waals surface area contributed by atoms with Crippen molar-refractivity contribution in [1.82, 2.24) is 4.98 Å². The second kappa shape index (κ2) is 8.74. The Morgan fingerprint density at radius 3 is 2.14 bits per heavy atom. The number of carbonyl (C=O) groups excluding carboxylic acids is 2. The molecule has 3 atom stereocenters. The summed E-state index contributed by atoms with van der Waals surface area (Å²) in [7, 11) is 0. The van der Waals surface area contributed by atoms with Gasteiger partial charge >= 0.3 is 11.0 Å². The number of hydrogen-bond acceptors (Lipinski definition) is 5. The number of hydrogen-bond donors (Lipinski definition) is 1. The molecule has 1 saturated heterocycles. The molecule has 0 spiro atoms. The van der Waals surface area contributed by atoms with Gasteiger partial charge in [0.2, 0.25) is 11.8 Å². The molecule has 37 heavy (non-hydrogen) atoms. The maximum atomic E-state index is 13.8. The largest absolute Gasteiger partial charge is 0.418 e. The summed E-state index contributed by atoms with van der Waals surface area (Å²) in [6, 6.07) is 21.8. The van der Waals surface area contributed by atoms with Gasteiger partial charge in [0.05, 0.1) is 22.2 Å². The first-order chi connectivity index (χ1) is 17.7. The summed E-state index contributed by atoms with van der Waals surface area (Å²) in [5.41, 5.74) is 1.13. The highest BCUT2D eigenvalue weighted by Gasteiger charge is 2.57. The van der Waals surface area contributed by atoms with Gasteiger partial charge in [0.15, 0.2) is 0 Å². The molecule has 1 N–H and O–H groups in total. The number of nitrogens with zero attached hydrogens (tertiary/aromatic N) is 1. The topological polar surface area (TPSA) is 70.2 Å². The molecule has 3 aromatic carbocycles. The number of thiazole rings is 1. The average Bonchev–Trinajstić information content (AvgIpc) is 3.38. The lowest BCUT2D eigenvalue weighted by molar-refractivity contribution is -0.137. The first kappa shape index (κ1) is 23.7. The Morgan fingerprint density at radius 2 is 1.43 bits per heavy atom. The van der Waals surface area contributed by atoms with Crippen LogP contribution in [0.25, 0.3) is 11.1 Å². The summed E-state index contributed by atoms with van der Waals surface area (Å²) in [4.78, 5) is 43.2. The summed E-state index contributed by atoms with van der Waals surface area (Å²) in [5, 5.41) is -0.495. The molecule has 0 saturated carbocycles. The summed E-state index contributed by atoms with van der Waals surface area (Å²) in [6.45, 7) is 0. The molecule has 0 bridgehead atoms. The number of anilines is 1. The van der Waals surface area contributed by atoms with Gasteiger partial charge in [0, 0.05) is 10.8 Å². The SMILES string of the molecule is O=C1C2Sc3[nH]c(=O)sc3C(c3ccc(-c4ccccc4)cc3)C2C(=O)N1c1ccccc1C(F)(F)F. The van der Waals surface area contributed by atoms with Crippen molar-refractivity contribution in [3.05, 3.63) is 105 Å². The summed E-state index contributed by atoms with van der Waals surface area (Å²) < 4.78 is 41.3. The standard InChI is InChI=1S/C27H17F3N2O3S2/c28-27(29,30)17-8-4-5-9-18(17)32-24(33)20-19(21-23(31-26(35)37-21)36-22(20)25(32)34)16-12-10-15(11-13-16)14-6-2-1-3-7-14/h1-13,19-20,22H,(H,31,35). The van der Waals surface area contributed by atoms with E-state index in [1.54, 1.807) is 0 Å². The minimum atomic E-state index is -4.74. The second-order valence-electron chi connectivity index (χ2n) is 8.76. The van der Waals surface area contributed by atoms with Gasteiger partial charge in [-0.1, -0.05) is 89.8 Å². The molecular formula is C27H17F3N2O3S2. The molecule has 3 heterocycles. The smallest absolute Gasteiger partial charge is 0.307 e. The first-order valence-electron chi connectivity index (χ1n) is 11.3. The van der Waals surface area contributed by atoms with Gasteiger partial charge in [-0.2, -0.15) is 13.2 Å². The Bertz CT molecular complexity index is 1580. The van der Waals surface area contributed by atoms with Crippen molar-refractivity contribution in [2.75, 3.05) is 4.90 Å². The molecule has 2 aliphatic heterocycles. The van der Waals surface area contributed by atoms with Crippen molar-refractivity contribution >= 4 is 40.6 Å². The maximum Gasteiger partial charge on any atom is 0.418 e. The highest BCUT2D eigenvalue weighted by molar-refractivity contribution is 8.00. The number of fused-ring (bicyclic) bond motifs is 2. The van der Waals surface area contributed by atoms with Crippen molar-refractivity contribution in [2.24, 2.45) is 5.92 Å². The zero-order valence-electron chi connectivity index (χ0n) is 18.9. The average molecular weight is 539 g/mol. The fourth-order valence-corrected chi connectivity index (χ4v) is 7.55. The fourth-order valence-electron chi connectivity index (χ4n) is 5.04. The fraction of sp³-hybridized carbons (Fsp3) is 0.148. The van der Waals surface area contributed by atoms with E-state index in [4.69, 9.17) is 0 Å². The van der Waals surface area contributed by atoms with E-state index in [2.05, 4.69) is 4.98 Å². The number of imide groups is 1. The third kappa shape index (κ3) is 3.91. The van der Waals surface area contributed by atoms with Crippen LogP contribution in [-0.4, -0.2) is 22.0 Å². The first-order valence-corrected chi connectivity index (χ1v) is 13.0. The molecule has 3 unspecified atom stereocenters. The lowest BCUT2D eigenvalue weighted by atomic mass is 9.82. The quantitative estimate of drug-likeness (QED) is 0.329. The molecule has 2 amide bonds. The number of benzene rings is 3. The van der Waals surface area contributed by atoms with Crippen molar-refractivity contribution in [1.29, 1.82) is 0 Å². The van der Waals surface area contributed by atoms with E-state index in [1.165, 1.54) is 12.1 Å². The normalized spacial score (nSPS) is 21.2. The third-order valence-electron chi connectivity index (χ3n) is 6.65. The Kier molecular flexibility index (Phi) is 5.61. The van der Waals surface area contributed by atoms with E-state index in [0.717, 1.165) is 46.4 Å². The van der Waals surface area contributed by atoms with Crippen LogP contribution in [-0.2, 0) is 15.8 Å². The Morgan fingerprint density at radius 1 is 0.784 bits per heavy atom. The summed E-state index contributed by atoms with van der Waals surface area (Å²) in [5.74, 6) is -3.04. The molecule has 1 aromatic heterocycles. The Balaban J connectivity index is 1.45. The van der Waals surface area contributed by atoms with E-state index in [0.29, 0.717) is 20.4 Å². The molecule has 6 rings (SSSR count). The van der Waals surface area contributed by atoms with E-state index in [1.807, 2.05) is 54.6 Å². The van der Waals surface area contributed by atoms with Gasteiger partial charge in [-0.3, -0.25) is 14.4 Å². The molecule has 5 nitrogen and oxygen atoms in total. The number of H-pyrrole nitrogens is 1. The van der Waals surface area contributed by atoms with Crippen molar-refractivity contribution in [2.45, 2.75) is 22.4 Å².